The Bertz CT molecular complexity index is 571. The van der Waals surface area contributed by atoms with Crippen molar-refractivity contribution in [3.8, 4) is 0 Å². The van der Waals surface area contributed by atoms with E-state index in [9.17, 15) is 4.39 Å². The molecule has 0 amide bonds. The van der Waals surface area contributed by atoms with Crippen LogP contribution in [-0.4, -0.2) is 6.54 Å². The van der Waals surface area contributed by atoms with Gasteiger partial charge in [-0.2, -0.15) is 0 Å². The van der Waals surface area contributed by atoms with E-state index in [0.717, 1.165) is 24.3 Å². The van der Waals surface area contributed by atoms with E-state index < -0.39 is 5.82 Å². The van der Waals surface area contributed by atoms with E-state index in [0.29, 0.717) is 11.6 Å². The van der Waals surface area contributed by atoms with Gasteiger partial charge in [-0.05, 0) is 54.7 Å². The van der Waals surface area contributed by atoms with Crippen LogP contribution in [0.25, 0.3) is 0 Å². The summed E-state index contributed by atoms with van der Waals surface area (Å²) >= 11 is 11.8. The standard InChI is InChI=1S/C15H16Cl2FNO/c1-2-8-19-12(13-6-7-14(16)20-13)9-10-4-3-5-11(18)15(10)17/h3-7,12,19H,2,8-9H2,1H3. The molecule has 0 saturated carbocycles. The summed E-state index contributed by atoms with van der Waals surface area (Å²) in [6, 6.07) is 8.26. The van der Waals surface area contributed by atoms with Gasteiger partial charge in [0.1, 0.15) is 11.6 Å². The van der Waals surface area contributed by atoms with Crippen LogP contribution in [0.4, 0.5) is 4.39 Å². The highest BCUT2D eigenvalue weighted by Gasteiger charge is 2.18. The highest BCUT2D eigenvalue weighted by Crippen LogP contribution is 2.27. The highest BCUT2D eigenvalue weighted by atomic mass is 35.5. The van der Waals surface area contributed by atoms with Crippen molar-refractivity contribution in [2.45, 2.75) is 25.8 Å². The molecule has 0 saturated heterocycles. The topological polar surface area (TPSA) is 25.2 Å². The van der Waals surface area contributed by atoms with Crippen LogP contribution in [0, 0.1) is 5.82 Å². The molecule has 0 aliphatic heterocycles. The lowest BCUT2D eigenvalue weighted by Gasteiger charge is -2.17. The Hall–Kier alpha value is -1.03. The van der Waals surface area contributed by atoms with Crippen molar-refractivity contribution in [3.05, 3.63) is 57.7 Å². The summed E-state index contributed by atoms with van der Waals surface area (Å²) in [5.41, 5.74) is 0.743. The maximum absolute atomic E-state index is 13.5. The Morgan fingerprint density at radius 3 is 2.70 bits per heavy atom. The molecule has 0 aliphatic carbocycles. The summed E-state index contributed by atoms with van der Waals surface area (Å²) in [5.74, 6) is 0.319. The molecule has 2 aromatic rings. The van der Waals surface area contributed by atoms with Gasteiger partial charge in [0.15, 0.2) is 5.22 Å². The van der Waals surface area contributed by atoms with Gasteiger partial charge in [-0.1, -0.05) is 30.7 Å². The highest BCUT2D eigenvalue weighted by molar-refractivity contribution is 6.31. The van der Waals surface area contributed by atoms with Crippen molar-refractivity contribution in [3.63, 3.8) is 0 Å². The lowest BCUT2D eigenvalue weighted by molar-refractivity contribution is 0.411. The zero-order chi connectivity index (χ0) is 14.5. The molecule has 2 nitrogen and oxygen atoms in total. The Kier molecular flexibility index (Phi) is 5.46. The molecule has 2 rings (SSSR count). The van der Waals surface area contributed by atoms with Crippen molar-refractivity contribution in [2.24, 2.45) is 0 Å². The minimum absolute atomic E-state index is 0.0817. The molecule has 1 aromatic carbocycles. The van der Waals surface area contributed by atoms with E-state index in [2.05, 4.69) is 12.2 Å². The molecule has 0 bridgehead atoms. The molecule has 20 heavy (non-hydrogen) atoms. The summed E-state index contributed by atoms with van der Waals surface area (Å²) in [6.07, 6.45) is 1.53. The van der Waals surface area contributed by atoms with E-state index in [-0.39, 0.29) is 11.1 Å². The normalized spacial score (nSPS) is 12.6. The van der Waals surface area contributed by atoms with Crippen LogP contribution in [0.2, 0.25) is 10.2 Å². The predicted octanol–water partition coefficient (Wildman–Crippen LogP) is 5.01. The van der Waals surface area contributed by atoms with Crippen molar-refractivity contribution in [2.75, 3.05) is 6.54 Å². The van der Waals surface area contributed by atoms with E-state index in [1.807, 2.05) is 12.1 Å². The Morgan fingerprint density at radius 2 is 2.05 bits per heavy atom. The van der Waals surface area contributed by atoms with Gasteiger partial charge in [-0.25, -0.2) is 4.39 Å². The zero-order valence-corrected chi connectivity index (χ0v) is 12.6. The zero-order valence-electron chi connectivity index (χ0n) is 11.1. The quantitative estimate of drug-likeness (QED) is 0.810. The van der Waals surface area contributed by atoms with E-state index in [1.165, 1.54) is 6.07 Å². The second-order valence-electron chi connectivity index (χ2n) is 4.57. The molecule has 1 atom stereocenters. The Balaban J connectivity index is 2.21. The molecule has 1 aromatic heterocycles. The number of rotatable bonds is 6. The van der Waals surface area contributed by atoms with Gasteiger partial charge in [-0.15, -0.1) is 0 Å². The molecule has 1 heterocycles. The van der Waals surface area contributed by atoms with Crippen molar-refractivity contribution >= 4 is 23.2 Å². The van der Waals surface area contributed by atoms with Gasteiger partial charge in [0.05, 0.1) is 11.1 Å². The first-order valence-electron chi connectivity index (χ1n) is 6.53. The molecular formula is C15H16Cl2FNO. The average molecular weight is 316 g/mol. The molecule has 1 N–H and O–H groups in total. The summed E-state index contributed by atoms with van der Waals surface area (Å²) in [4.78, 5) is 0. The van der Waals surface area contributed by atoms with Crippen LogP contribution in [0.1, 0.15) is 30.7 Å². The fraction of sp³-hybridized carbons (Fsp3) is 0.333. The van der Waals surface area contributed by atoms with Gasteiger partial charge in [0.25, 0.3) is 0 Å². The number of halogens is 3. The van der Waals surface area contributed by atoms with Crippen LogP contribution in [0.3, 0.4) is 0 Å². The van der Waals surface area contributed by atoms with E-state index in [4.69, 9.17) is 27.6 Å². The smallest absolute Gasteiger partial charge is 0.193 e. The molecular weight excluding hydrogens is 300 g/mol. The first-order chi connectivity index (χ1) is 9.61. The monoisotopic (exact) mass is 315 g/mol. The van der Waals surface area contributed by atoms with Crippen LogP contribution in [0.15, 0.2) is 34.7 Å². The number of hydrogen-bond acceptors (Lipinski definition) is 2. The number of nitrogens with one attached hydrogen (secondary N) is 1. The van der Waals surface area contributed by atoms with Crippen LogP contribution in [0.5, 0.6) is 0 Å². The van der Waals surface area contributed by atoms with Gasteiger partial charge in [0, 0.05) is 0 Å². The minimum Gasteiger partial charge on any atom is -0.448 e. The summed E-state index contributed by atoms with van der Waals surface area (Å²) in [6.45, 7) is 2.91. The molecule has 108 valence electrons. The van der Waals surface area contributed by atoms with Crippen molar-refractivity contribution in [1.29, 1.82) is 0 Å². The average Bonchev–Trinajstić information content (AvgIpc) is 2.86. The number of benzene rings is 1. The molecule has 0 radical (unpaired) electrons. The second kappa shape index (κ2) is 7.11. The van der Waals surface area contributed by atoms with Gasteiger partial charge < -0.3 is 9.73 Å². The van der Waals surface area contributed by atoms with Crippen LogP contribution < -0.4 is 5.32 Å². The first kappa shape index (κ1) is 15.4. The molecule has 0 spiro atoms. The lowest BCUT2D eigenvalue weighted by Crippen LogP contribution is -2.23. The molecule has 1 unspecified atom stereocenters. The molecule has 0 aliphatic rings. The SMILES string of the molecule is CCCNC(Cc1cccc(F)c1Cl)c1ccc(Cl)o1. The second-order valence-corrected chi connectivity index (χ2v) is 5.32. The van der Waals surface area contributed by atoms with E-state index in [1.54, 1.807) is 12.1 Å². The van der Waals surface area contributed by atoms with Crippen molar-refractivity contribution in [1.82, 2.24) is 5.32 Å². The maximum atomic E-state index is 13.5. The van der Waals surface area contributed by atoms with Crippen molar-refractivity contribution < 1.29 is 8.81 Å². The Morgan fingerprint density at radius 1 is 1.25 bits per heavy atom. The van der Waals surface area contributed by atoms with Gasteiger partial charge >= 0.3 is 0 Å². The van der Waals surface area contributed by atoms with Gasteiger partial charge in [-0.3, -0.25) is 0 Å². The summed E-state index contributed by atoms with van der Waals surface area (Å²) in [7, 11) is 0. The fourth-order valence-corrected chi connectivity index (χ4v) is 2.39. The molecule has 5 heteroatoms. The maximum Gasteiger partial charge on any atom is 0.193 e. The van der Waals surface area contributed by atoms with Crippen LogP contribution >= 0.6 is 23.2 Å². The number of furan rings is 1. The lowest BCUT2D eigenvalue weighted by atomic mass is 10.0. The Labute approximate surface area is 127 Å². The predicted molar refractivity (Wildman–Crippen MR) is 79.9 cm³/mol. The third-order valence-electron chi connectivity index (χ3n) is 3.03. The summed E-state index contributed by atoms with van der Waals surface area (Å²) < 4.78 is 18.9. The van der Waals surface area contributed by atoms with Gasteiger partial charge in [0.2, 0.25) is 0 Å². The largest absolute Gasteiger partial charge is 0.448 e. The fourth-order valence-electron chi connectivity index (χ4n) is 2.03. The number of hydrogen-bond donors (Lipinski definition) is 1. The molecule has 0 fully saturated rings. The minimum atomic E-state index is -0.407. The third-order valence-corrected chi connectivity index (χ3v) is 3.66. The first-order valence-corrected chi connectivity index (χ1v) is 7.29. The third kappa shape index (κ3) is 3.75. The summed E-state index contributed by atoms with van der Waals surface area (Å²) in [5, 5.41) is 3.86. The van der Waals surface area contributed by atoms with Crippen LogP contribution in [-0.2, 0) is 6.42 Å². The van der Waals surface area contributed by atoms with E-state index >= 15 is 0 Å².